The monoisotopic (exact) mass is 288 g/mol. The van der Waals surface area contributed by atoms with Crippen LogP contribution < -0.4 is 11.3 Å². The Morgan fingerprint density at radius 2 is 1.90 bits per heavy atom. The van der Waals surface area contributed by atoms with Crippen molar-refractivity contribution in [2.24, 2.45) is 17.7 Å². The molecule has 0 radical (unpaired) electrons. The zero-order valence-corrected chi connectivity index (χ0v) is 14.0. The molecule has 1 aromatic rings. The highest BCUT2D eigenvalue weighted by molar-refractivity contribution is 5.35. The van der Waals surface area contributed by atoms with E-state index in [1.165, 1.54) is 61.6 Å². The van der Waals surface area contributed by atoms with E-state index in [0.29, 0.717) is 12.0 Å². The molecule has 1 fully saturated rings. The van der Waals surface area contributed by atoms with Crippen molar-refractivity contribution in [2.45, 2.75) is 71.8 Å². The van der Waals surface area contributed by atoms with E-state index in [2.05, 4.69) is 44.4 Å². The van der Waals surface area contributed by atoms with Crippen molar-refractivity contribution in [2.75, 3.05) is 0 Å². The highest BCUT2D eigenvalue weighted by Crippen LogP contribution is 2.39. The molecule has 0 aromatic heterocycles. The van der Waals surface area contributed by atoms with Gasteiger partial charge in [-0.05, 0) is 55.2 Å². The molecule has 1 aliphatic carbocycles. The van der Waals surface area contributed by atoms with Gasteiger partial charge in [-0.1, -0.05) is 57.2 Å². The van der Waals surface area contributed by atoms with Gasteiger partial charge < -0.3 is 0 Å². The Morgan fingerprint density at radius 3 is 2.52 bits per heavy atom. The van der Waals surface area contributed by atoms with Gasteiger partial charge >= 0.3 is 0 Å². The van der Waals surface area contributed by atoms with Crippen LogP contribution in [0.15, 0.2) is 18.2 Å². The van der Waals surface area contributed by atoms with Gasteiger partial charge in [0.2, 0.25) is 0 Å². The second-order valence-electron chi connectivity index (χ2n) is 6.86. The minimum Gasteiger partial charge on any atom is -0.271 e. The Hall–Kier alpha value is -0.860. The summed E-state index contributed by atoms with van der Waals surface area (Å²) in [4.78, 5) is 0. The summed E-state index contributed by atoms with van der Waals surface area (Å²) in [6.45, 7) is 6.70. The van der Waals surface area contributed by atoms with Crippen molar-refractivity contribution in [3.05, 3.63) is 34.9 Å². The molecule has 21 heavy (non-hydrogen) atoms. The smallest absolute Gasteiger partial charge is 0.0490 e. The summed E-state index contributed by atoms with van der Waals surface area (Å²) >= 11 is 0. The van der Waals surface area contributed by atoms with E-state index in [-0.39, 0.29) is 0 Å². The van der Waals surface area contributed by atoms with Gasteiger partial charge in [0.05, 0.1) is 0 Å². The largest absolute Gasteiger partial charge is 0.271 e. The summed E-state index contributed by atoms with van der Waals surface area (Å²) in [7, 11) is 0. The minimum absolute atomic E-state index is 0.317. The van der Waals surface area contributed by atoms with Crippen LogP contribution >= 0.6 is 0 Å². The predicted molar refractivity (Wildman–Crippen MR) is 91.0 cm³/mol. The molecular formula is C19H32N2. The van der Waals surface area contributed by atoms with Crippen molar-refractivity contribution in [1.82, 2.24) is 5.43 Å². The summed E-state index contributed by atoms with van der Waals surface area (Å²) in [6, 6.07) is 6.91. The molecule has 0 amide bonds. The molecule has 1 unspecified atom stereocenters. The highest BCUT2D eigenvalue weighted by Gasteiger charge is 2.28. The van der Waals surface area contributed by atoms with Crippen molar-refractivity contribution < 1.29 is 0 Å². The molecule has 118 valence electrons. The van der Waals surface area contributed by atoms with Gasteiger partial charge in [-0.25, -0.2) is 0 Å². The lowest BCUT2D eigenvalue weighted by Crippen LogP contribution is -2.36. The van der Waals surface area contributed by atoms with Crippen LogP contribution in [-0.2, 0) is 0 Å². The maximum atomic E-state index is 5.92. The van der Waals surface area contributed by atoms with Crippen molar-refractivity contribution in [3.8, 4) is 0 Å². The minimum atomic E-state index is 0.317. The molecule has 0 aliphatic heterocycles. The number of nitrogens with one attached hydrogen (secondary N) is 1. The molecule has 1 atom stereocenters. The Labute approximate surface area is 130 Å². The molecule has 2 heteroatoms. The summed E-state index contributed by atoms with van der Waals surface area (Å²) in [5, 5.41) is 0. The third-order valence-corrected chi connectivity index (χ3v) is 5.49. The summed E-state index contributed by atoms with van der Waals surface area (Å²) in [6.07, 6.45) is 9.54. The maximum absolute atomic E-state index is 5.92. The zero-order valence-electron chi connectivity index (χ0n) is 14.0. The Balaban J connectivity index is 2.01. The normalized spacial score (nSPS) is 24.0. The third kappa shape index (κ3) is 4.08. The number of hydrogen-bond acceptors (Lipinski definition) is 2. The standard InChI is InChI=1S/C19H32N2/c1-4-5-8-16-10-12-17(13-11-16)19(21-20)18-9-6-7-14(2)15(18)3/h6-7,9,16-17,19,21H,4-5,8,10-13,20H2,1-3H3. The Morgan fingerprint density at radius 1 is 1.19 bits per heavy atom. The first-order chi connectivity index (χ1) is 10.2. The number of hydrazine groups is 1. The van der Waals surface area contributed by atoms with Gasteiger partial charge in [-0.3, -0.25) is 11.3 Å². The van der Waals surface area contributed by atoms with Crippen LogP contribution in [-0.4, -0.2) is 0 Å². The predicted octanol–water partition coefficient (Wildman–Crippen LogP) is 4.80. The van der Waals surface area contributed by atoms with Gasteiger partial charge in [-0.15, -0.1) is 0 Å². The van der Waals surface area contributed by atoms with Gasteiger partial charge in [0.25, 0.3) is 0 Å². The first kappa shape index (κ1) is 16.5. The molecule has 1 aromatic carbocycles. The first-order valence-corrected chi connectivity index (χ1v) is 8.69. The van der Waals surface area contributed by atoms with E-state index in [9.17, 15) is 0 Å². The molecular weight excluding hydrogens is 256 g/mol. The van der Waals surface area contributed by atoms with Crippen LogP contribution in [0.3, 0.4) is 0 Å². The third-order valence-electron chi connectivity index (χ3n) is 5.49. The lowest BCUT2D eigenvalue weighted by Gasteiger charge is -2.34. The topological polar surface area (TPSA) is 38.0 Å². The van der Waals surface area contributed by atoms with Crippen LogP contribution in [0, 0.1) is 25.7 Å². The fraction of sp³-hybridized carbons (Fsp3) is 0.684. The number of aryl methyl sites for hydroxylation is 1. The number of rotatable bonds is 6. The van der Waals surface area contributed by atoms with E-state index >= 15 is 0 Å². The second kappa shape index (κ2) is 7.95. The Bertz CT molecular complexity index is 433. The van der Waals surface area contributed by atoms with Crippen molar-refractivity contribution in [3.63, 3.8) is 0 Å². The number of nitrogens with two attached hydrogens (primary N) is 1. The SMILES string of the molecule is CCCCC1CCC(C(NN)c2cccc(C)c2C)CC1. The quantitative estimate of drug-likeness (QED) is 0.582. The number of benzene rings is 1. The summed E-state index contributed by atoms with van der Waals surface area (Å²) in [5.41, 5.74) is 7.27. The van der Waals surface area contributed by atoms with E-state index in [4.69, 9.17) is 5.84 Å². The van der Waals surface area contributed by atoms with Gasteiger partial charge in [-0.2, -0.15) is 0 Å². The van der Waals surface area contributed by atoms with Gasteiger partial charge in [0.1, 0.15) is 0 Å². The van der Waals surface area contributed by atoms with Crippen molar-refractivity contribution in [1.29, 1.82) is 0 Å². The molecule has 0 bridgehead atoms. The first-order valence-electron chi connectivity index (χ1n) is 8.69. The van der Waals surface area contributed by atoms with Gasteiger partial charge in [0.15, 0.2) is 0 Å². The lowest BCUT2D eigenvalue weighted by molar-refractivity contribution is 0.213. The molecule has 1 saturated carbocycles. The molecule has 0 saturated heterocycles. The number of unbranched alkanes of at least 4 members (excludes halogenated alkanes) is 1. The van der Waals surface area contributed by atoms with Crippen LogP contribution in [0.5, 0.6) is 0 Å². The maximum Gasteiger partial charge on any atom is 0.0490 e. The highest BCUT2D eigenvalue weighted by atomic mass is 15.2. The molecule has 0 heterocycles. The van der Waals surface area contributed by atoms with Gasteiger partial charge in [0, 0.05) is 6.04 Å². The van der Waals surface area contributed by atoms with E-state index in [1.807, 2.05) is 0 Å². The fourth-order valence-corrected chi connectivity index (χ4v) is 3.89. The van der Waals surface area contributed by atoms with E-state index in [1.54, 1.807) is 0 Å². The Kier molecular flexibility index (Phi) is 6.25. The second-order valence-corrected chi connectivity index (χ2v) is 6.86. The van der Waals surface area contributed by atoms with Crippen LogP contribution in [0.4, 0.5) is 0 Å². The number of hydrogen-bond donors (Lipinski definition) is 2. The van der Waals surface area contributed by atoms with E-state index < -0.39 is 0 Å². The molecule has 0 spiro atoms. The molecule has 2 nitrogen and oxygen atoms in total. The fourth-order valence-electron chi connectivity index (χ4n) is 3.89. The van der Waals surface area contributed by atoms with Crippen molar-refractivity contribution >= 4 is 0 Å². The van der Waals surface area contributed by atoms with E-state index in [0.717, 1.165) is 5.92 Å². The average molecular weight is 288 g/mol. The lowest BCUT2D eigenvalue weighted by atomic mass is 9.75. The average Bonchev–Trinajstić information content (AvgIpc) is 2.51. The van der Waals surface area contributed by atoms with Crippen LogP contribution in [0.25, 0.3) is 0 Å². The molecule has 1 aliphatic rings. The molecule has 3 N–H and O–H groups in total. The van der Waals surface area contributed by atoms with Crippen LogP contribution in [0.1, 0.15) is 74.6 Å². The zero-order chi connectivity index (χ0) is 15.2. The summed E-state index contributed by atoms with van der Waals surface area (Å²) in [5.74, 6) is 7.56. The summed E-state index contributed by atoms with van der Waals surface area (Å²) < 4.78 is 0. The molecule has 2 rings (SSSR count). The van der Waals surface area contributed by atoms with Crippen LogP contribution in [0.2, 0.25) is 0 Å².